The summed E-state index contributed by atoms with van der Waals surface area (Å²) in [5.74, 6) is -0.302. The topological polar surface area (TPSA) is 78.9 Å². The zero-order valence-electron chi connectivity index (χ0n) is 12.4. The first-order valence-electron chi connectivity index (χ1n) is 5.44. The molecule has 0 atom stereocenters. The van der Waals surface area contributed by atoms with E-state index < -0.39 is 10.4 Å². The first-order valence-corrected chi connectivity index (χ1v) is 6.77. The van der Waals surface area contributed by atoms with E-state index in [0.29, 0.717) is 12.2 Å². The SMILES string of the molecule is C=C(C)C(=O)OCC[N+](C)(C)C.COS(=O)(=O)OC. The summed E-state index contributed by atoms with van der Waals surface area (Å²) in [6.07, 6.45) is 0. The molecule has 0 heterocycles. The van der Waals surface area contributed by atoms with Gasteiger partial charge in [0.15, 0.2) is 0 Å². The molecule has 0 radical (unpaired) electrons. The molecule has 0 aromatic rings. The normalized spacial score (nSPS) is 11.3. The van der Waals surface area contributed by atoms with Crippen molar-refractivity contribution < 1.29 is 30.8 Å². The maximum atomic E-state index is 10.9. The van der Waals surface area contributed by atoms with Crippen molar-refractivity contribution in [3.63, 3.8) is 0 Å². The average molecular weight is 298 g/mol. The number of nitrogens with zero attached hydrogens (tertiary/aromatic N) is 1. The lowest BCUT2D eigenvalue weighted by molar-refractivity contribution is -0.870. The van der Waals surface area contributed by atoms with Crippen molar-refractivity contribution in [3.8, 4) is 0 Å². The summed E-state index contributed by atoms with van der Waals surface area (Å²) in [7, 11) is 4.55. The predicted octanol–water partition coefficient (Wildman–Crippen LogP) is 0.336. The van der Waals surface area contributed by atoms with Crippen LogP contribution in [0.3, 0.4) is 0 Å². The Bertz CT molecular complexity index is 372. The van der Waals surface area contributed by atoms with E-state index >= 15 is 0 Å². The minimum atomic E-state index is -3.66. The first kappa shape index (κ1) is 20.4. The van der Waals surface area contributed by atoms with E-state index in [4.69, 9.17) is 4.74 Å². The van der Waals surface area contributed by atoms with Gasteiger partial charge in [-0.1, -0.05) is 6.58 Å². The monoisotopic (exact) mass is 298 g/mol. The summed E-state index contributed by atoms with van der Waals surface area (Å²) in [5, 5.41) is 0. The fourth-order valence-corrected chi connectivity index (χ4v) is 0.740. The van der Waals surface area contributed by atoms with Gasteiger partial charge in [0.05, 0.1) is 35.4 Å². The molecule has 0 aliphatic carbocycles. The van der Waals surface area contributed by atoms with Gasteiger partial charge in [0.2, 0.25) is 0 Å². The molecular weight excluding hydrogens is 274 g/mol. The van der Waals surface area contributed by atoms with Crippen LogP contribution in [0.25, 0.3) is 0 Å². The number of carbonyl (C=O) groups is 1. The highest BCUT2D eigenvalue weighted by molar-refractivity contribution is 7.81. The molecule has 0 aromatic heterocycles. The van der Waals surface area contributed by atoms with Crippen LogP contribution < -0.4 is 0 Å². The number of quaternary nitrogens is 1. The van der Waals surface area contributed by atoms with Gasteiger partial charge in [0.1, 0.15) is 13.2 Å². The summed E-state index contributed by atoms with van der Waals surface area (Å²) < 4.78 is 33.2. The van der Waals surface area contributed by atoms with E-state index in [2.05, 4.69) is 36.1 Å². The van der Waals surface area contributed by atoms with Gasteiger partial charge in [-0.05, 0) is 6.92 Å². The summed E-state index contributed by atoms with van der Waals surface area (Å²) >= 11 is 0. The second-order valence-electron chi connectivity index (χ2n) is 4.67. The van der Waals surface area contributed by atoms with E-state index in [9.17, 15) is 13.2 Å². The first-order chi connectivity index (χ1) is 8.45. The van der Waals surface area contributed by atoms with Gasteiger partial charge in [-0.2, -0.15) is 8.42 Å². The van der Waals surface area contributed by atoms with Crippen molar-refractivity contribution >= 4 is 16.4 Å². The van der Waals surface area contributed by atoms with Crippen LogP contribution in [-0.4, -0.2) is 67.4 Å². The molecule has 0 bridgehead atoms. The molecule has 0 amide bonds. The van der Waals surface area contributed by atoms with E-state index in [1.54, 1.807) is 6.92 Å². The Hall–Kier alpha value is -0.960. The van der Waals surface area contributed by atoms with Gasteiger partial charge >= 0.3 is 16.4 Å². The van der Waals surface area contributed by atoms with Crippen molar-refractivity contribution in [2.75, 3.05) is 48.5 Å². The number of ether oxygens (including phenoxy) is 1. The summed E-state index contributed by atoms with van der Waals surface area (Å²) in [6.45, 7) is 6.41. The molecule has 0 spiro atoms. The Balaban J connectivity index is 0. The number of carbonyl (C=O) groups excluding carboxylic acids is 1. The Kier molecular flexibility index (Phi) is 9.67. The van der Waals surface area contributed by atoms with Crippen molar-refractivity contribution in [1.29, 1.82) is 0 Å². The van der Waals surface area contributed by atoms with Crippen molar-refractivity contribution in [3.05, 3.63) is 12.2 Å². The molecule has 0 unspecified atom stereocenters. The highest BCUT2D eigenvalue weighted by Gasteiger charge is 2.09. The Morgan fingerprint density at radius 3 is 1.79 bits per heavy atom. The largest absolute Gasteiger partial charge is 0.456 e. The Labute approximate surface area is 115 Å². The number of likely N-dealkylation sites (N-methyl/N-ethyl adjacent to an activating group) is 1. The van der Waals surface area contributed by atoms with Crippen molar-refractivity contribution in [2.45, 2.75) is 6.92 Å². The Morgan fingerprint density at radius 2 is 1.58 bits per heavy atom. The highest BCUT2D eigenvalue weighted by atomic mass is 32.3. The predicted molar refractivity (Wildman–Crippen MR) is 71.6 cm³/mol. The third-order valence-corrected chi connectivity index (χ3v) is 2.57. The van der Waals surface area contributed by atoms with Crippen LogP contribution in [0.5, 0.6) is 0 Å². The molecule has 0 aliphatic rings. The molecule has 8 heteroatoms. The van der Waals surface area contributed by atoms with Crippen LogP contribution >= 0.6 is 0 Å². The standard InChI is InChI=1S/C9H18NO2.C2H6O4S/c1-8(2)9(11)12-7-6-10(3,4)5;1-5-7(3,4)6-2/h1,6-7H2,2-5H3;1-2H3/q+1;. The molecular formula is C11H24NO6S+. The zero-order chi connectivity index (χ0) is 15.7. The zero-order valence-corrected chi connectivity index (χ0v) is 13.2. The van der Waals surface area contributed by atoms with Gasteiger partial charge in [-0.25, -0.2) is 4.79 Å². The third-order valence-electron chi connectivity index (χ3n) is 1.75. The van der Waals surface area contributed by atoms with Gasteiger partial charge in [0.25, 0.3) is 0 Å². The Morgan fingerprint density at radius 1 is 1.16 bits per heavy atom. The smallest absolute Gasteiger partial charge is 0.399 e. The molecule has 0 rings (SSSR count). The van der Waals surface area contributed by atoms with E-state index in [-0.39, 0.29) is 5.97 Å². The summed E-state index contributed by atoms with van der Waals surface area (Å²) in [5.41, 5.74) is 0.455. The van der Waals surface area contributed by atoms with Crippen LogP contribution in [0, 0.1) is 0 Å². The van der Waals surface area contributed by atoms with E-state index in [1.165, 1.54) is 0 Å². The molecule has 0 N–H and O–H groups in total. The molecule has 114 valence electrons. The average Bonchev–Trinajstić information content (AvgIpc) is 2.28. The third kappa shape index (κ3) is 15.0. The molecule has 7 nitrogen and oxygen atoms in total. The van der Waals surface area contributed by atoms with Gasteiger partial charge in [0, 0.05) is 5.57 Å². The molecule has 0 fully saturated rings. The number of rotatable bonds is 6. The summed E-state index contributed by atoms with van der Waals surface area (Å²) in [6, 6.07) is 0. The second-order valence-corrected chi connectivity index (χ2v) is 6.15. The molecule has 0 aliphatic heterocycles. The maximum Gasteiger partial charge on any atom is 0.399 e. The van der Waals surface area contributed by atoms with Crippen LogP contribution in [0.15, 0.2) is 12.2 Å². The lowest BCUT2D eigenvalue weighted by Crippen LogP contribution is -2.38. The quantitative estimate of drug-likeness (QED) is 0.399. The highest BCUT2D eigenvalue weighted by Crippen LogP contribution is 1.94. The number of hydrogen-bond donors (Lipinski definition) is 0. The number of hydrogen-bond acceptors (Lipinski definition) is 6. The van der Waals surface area contributed by atoms with Gasteiger partial charge in [-0.15, -0.1) is 0 Å². The molecule has 0 saturated heterocycles. The van der Waals surface area contributed by atoms with Crippen LogP contribution in [-0.2, 0) is 28.3 Å². The fraction of sp³-hybridized carbons (Fsp3) is 0.727. The summed E-state index contributed by atoms with van der Waals surface area (Å²) in [4.78, 5) is 10.9. The lowest BCUT2D eigenvalue weighted by Gasteiger charge is -2.23. The molecule has 0 aromatic carbocycles. The molecule has 0 saturated carbocycles. The molecule has 19 heavy (non-hydrogen) atoms. The fourth-order valence-electron chi connectivity index (χ4n) is 0.603. The van der Waals surface area contributed by atoms with Gasteiger partial charge in [-0.3, -0.25) is 8.37 Å². The van der Waals surface area contributed by atoms with Crippen molar-refractivity contribution in [2.24, 2.45) is 0 Å². The van der Waals surface area contributed by atoms with Crippen LogP contribution in [0.2, 0.25) is 0 Å². The van der Waals surface area contributed by atoms with Crippen LogP contribution in [0.1, 0.15) is 6.92 Å². The van der Waals surface area contributed by atoms with E-state index in [1.807, 2.05) is 0 Å². The van der Waals surface area contributed by atoms with Crippen LogP contribution in [0.4, 0.5) is 0 Å². The number of esters is 1. The second kappa shape index (κ2) is 9.03. The van der Waals surface area contributed by atoms with Gasteiger partial charge < -0.3 is 9.22 Å². The lowest BCUT2D eigenvalue weighted by atomic mass is 10.4. The minimum Gasteiger partial charge on any atom is -0.456 e. The van der Waals surface area contributed by atoms with E-state index in [0.717, 1.165) is 25.2 Å². The maximum absolute atomic E-state index is 10.9. The minimum absolute atomic E-state index is 0.302. The van der Waals surface area contributed by atoms with Crippen molar-refractivity contribution in [1.82, 2.24) is 0 Å².